The number of hydrogen-bond donors (Lipinski definition) is 2. The molecule has 0 amide bonds. The Labute approximate surface area is 177 Å². The van der Waals surface area contributed by atoms with Crippen molar-refractivity contribution in [1.82, 2.24) is 0 Å². The van der Waals surface area contributed by atoms with E-state index in [0.29, 0.717) is 18.3 Å². The monoisotopic (exact) mass is 420 g/mol. The highest BCUT2D eigenvalue weighted by atomic mass is 35.5. The Bertz CT molecular complexity index is 880. The SMILES string of the molecule is C/C(=C\Cc1c(O)c(Cl)c(C)c(C=O)c1O)CC/C=C(\C)[C@H]1CC(=O)C(C)(C)O1. The van der Waals surface area contributed by atoms with Crippen LogP contribution in [-0.2, 0) is 16.0 Å². The Balaban J connectivity index is 2.02. The molecular weight excluding hydrogens is 392 g/mol. The predicted octanol–water partition coefficient (Wildman–Crippen LogP) is 5.22. The number of rotatable bonds is 7. The van der Waals surface area contributed by atoms with Crippen molar-refractivity contribution in [3.63, 3.8) is 0 Å². The molecule has 2 N–H and O–H groups in total. The number of benzene rings is 1. The van der Waals surface area contributed by atoms with Gasteiger partial charge in [-0.3, -0.25) is 9.59 Å². The van der Waals surface area contributed by atoms with Crippen molar-refractivity contribution in [2.75, 3.05) is 0 Å². The second-order valence-corrected chi connectivity index (χ2v) is 8.51. The van der Waals surface area contributed by atoms with Crippen LogP contribution in [-0.4, -0.2) is 34.0 Å². The van der Waals surface area contributed by atoms with E-state index in [1.54, 1.807) is 20.8 Å². The lowest BCUT2D eigenvalue weighted by Crippen LogP contribution is -2.27. The molecule has 1 heterocycles. The van der Waals surface area contributed by atoms with Crippen LogP contribution in [0.25, 0.3) is 0 Å². The van der Waals surface area contributed by atoms with Crippen LogP contribution in [0.15, 0.2) is 23.3 Å². The van der Waals surface area contributed by atoms with E-state index in [0.717, 1.165) is 24.0 Å². The summed E-state index contributed by atoms with van der Waals surface area (Å²) in [6, 6.07) is 0. The van der Waals surface area contributed by atoms with Gasteiger partial charge in [-0.25, -0.2) is 0 Å². The van der Waals surface area contributed by atoms with E-state index in [9.17, 15) is 19.8 Å². The van der Waals surface area contributed by atoms with Crippen LogP contribution in [0.5, 0.6) is 11.5 Å². The lowest BCUT2D eigenvalue weighted by Gasteiger charge is -2.18. The number of carbonyl (C=O) groups is 2. The maximum absolute atomic E-state index is 11.9. The molecule has 5 nitrogen and oxygen atoms in total. The van der Waals surface area contributed by atoms with Crippen molar-refractivity contribution in [3.8, 4) is 11.5 Å². The maximum Gasteiger partial charge on any atom is 0.167 e. The van der Waals surface area contributed by atoms with Gasteiger partial charge in [0.1, 0.15) is 17.1 Å². The summed E-state index contributed by atoms with van der Waals surface area (Å²) in [6.07, 6.45) is 6.61. The Morgan fingerprint density at radius 1 is 1.24 bits per heavy atom. The summed E-state index contributed by atoms with van der Waals surface area (Å²) in [5.74, 6) is -0.306. The summed E-state index contributed by atoms with van der Waals surface area (Å²) in [5.41, 5.74) is 2.11. The van der Waals surface area contributed by atoms with E-state index < -0.39 is 5.60 Å². The number of aldehydes is 1. The van der Waals surface area contributed by atoms with Gasteiger partial charge in [-0.2, -0.15) is 0 Å². The molecule has 0 radical (unpaired) electrons. The molecule has 29 heavy (non-hydrogen) atoms. The highest BCUT2D eigenvalue weighted by Gasteiger charge is 2.40. The van der Waals surface area contributed by atoms with Gasteiger partial charge < -0.3 is 14.9 Å². The largest absolute Gasteiger partial charge is 0.507 e. The molecule has 0 bridgehead atoms. The van der Waals surface area contributed by atoms with Gasteiger partial charge in [0.05, 0.1) is 16.7 Å². The summed E-state index contributed by atoms with van der Waals surface area (Å²) in [4.78, 5) is 23.1. The first-order valence-corrected chi connectivity index (χ1v) is 10.1. The fourth-order valence-electron chi connectivity index (χ4n) is 3.39. The minimum absolute atomic E-state index is 0.0820. The number of aromatic hydroxyl groups is 2. The molecule has 1 saturated heterocycles. The van der Waals surface area contributed by atoms with Crippen molar-refractivity contribution in [3.05, 3.63) is 45.0 Å². The van der Waals surface area contributed by atoms with Gasteiger partial charge in [0.25, 0.3) is 0 Å². The molecule has 0 aliphatic carbocycles. The fourth-order valence-corrected chi connectivity index (χ4v) is 3.60. The van der Waals surface area contributed by atoms with Gasteiger partial charge >= 0.3 is 0 Å². The molecule has 0 aromatic heterocycles. The number of ether oxygens (including phenoxy) is 1. The van der Waals surface area contributed by atoms with Crippen LogP contribution in [0.2, 0.25) is 5.02 Å². The Morgan fingerprint density at radius 3 is 2.45 bits per heavy atom. The number of carbonyl (C=O) groups excluding carboxylic acids is 2. The van der Waals surface area contributed by atoms with Crippen LogP contribution < -0.4 is 0 Å². The lowest BCUT2D eigenvalue weighted by atomic mass is 9.98. The first kappa shape index (κ1) is 23.2. The number of halogens is 1. The molecule has 6 heteroatoms. The molecule has 0 saturated carbocycles. The zero-order valence-electron chi connectivity index (χ0n) is 17.6. The minimum Gasteiger partial charge on any atom is -0.507 e. The second-order valence-electron chi connectivity index (χ2n) is 8.13. The third-order valence-electron chi connectivity index (χ3n) is 5.53. The topological polar surface area (TPSA) is 83.8 Å². The van der Waals surface area contributed by atoms with Crippen LogP contribution in [0.1, 0.15) is 68.4 Å². The zero-order valence-corrected chi connectivity index (χ0v) is 18.4. The van der Waals surface area contributed by atoms with Gasteiger partial charge in [0, 0.05) is 12.0 Å². The second kappa shape index (κ2) is 9.14. The van der Waals surface area contributed by atoms with Crippen molar-refractivity contribution in [2.45, 2.75) is 72.0 Å². The highest BCUT2D eigenvalue weighted by molar-refractivity contribution is 6.33. The van der Waals surface area contributed by atoms with E-state index in [1.807, 2.05) is 19.9 Å². The molecule has 1 aliphatic rings. The number of phenols is 2. The van der Waals surface area contributed by atoms with Crippen molar-refractivity contribution < 1.29 is 24.5 Å². The Hall–Kier alpha value is -2.11. The first-order chi connectivity index (χ1) is 13.5. The highest BCUT2D eigenvalue weighted by Crippen LogP contribution is 2.40. The maximum atomic E-state index is 11.9. The normalized spacial score (nSPS) is 19.7. The summed E-state index contributed by atoms with van der Waals surface area (Å²) < 4.78 is 5.83. The number of hydrogen-bond acceptors (Lipinski definition) is 5. The van der Waals surface area contributed by atoms with E-state index >= 15 is 0 Å². The standard InChI is InChI=1S/C23H29ClO5/c1-13(7-6-8-14(2)18-11-19(26)23(4,5)29-18)9-10-16-21(27)17(12-25)15(3)20(24)22(16)28/h8-9,12,18,27-28H,6-7,10-11H2,1-5H3/b13-9+,14-8+/t18-/m1/s1. The van der Waals surface area contributed by atoms with Gasteiger partial charge in [-0.1, -0.05) is 29.3 Å². The third-order valence-corrected chi connectivity index (χ3v) is 5.99. The molecular formula is C23H29ClO5. The molecule has 1 aliphatic heterocycles. The Kier molecular flexibility index (Phi) is 7.30. The van der Waals surface area contributed by atoms with E-state index in [-0.39, 0.29) is 46.0 Å². The van der Waals surface area contributed by atoms with Gasteiger partial charge in [0.2, 0.25) is 0 Å². The molecule has 2 rings (SSSR count). The molecule has 1 aromatic carbocycles. The predicted molar refractivity (Wildman–Crippen MR) is 114 cm³/mol. The van der Waals surface area contributed by atoms with Crippen molar-refractivity contribution >= 4 is 23.7 Å². The number of phenolic OH excluding ortho intramolecular Hbond substituents is 2. The molecule has 158 valence electrons. The summed E-state index contributed by atoms with van der Waals surface area (Å²) in [6.45, 7) is 9.12. The quantitative estimate of drug-likeness (QED) is 0.466. The minimum atomic E-state index is -0.713. The van der Waals surface area contributed by atoms with Gasteiger partial charge in [0.15, 0.2) is 12.1 Å². The van der Waals surface area contributed by atoms with Gasteiger partial charge in [-0.15, -0.1) is 0 Å². The van der Waals surface area contributed by atoms with Crippen molar-refractivity contribution in [1.29, 1.82) is 0 Å². The first-order valence-electron chi connectivity index (χ1n) is 9.71. The third kappa shape index (κ3) is 5.09. The summed E-state index contributed by atoms with van der Waals surface area (Å²) in [5, 5.41) is 20.6. The van der Waals surface area contributed by atoms with Crippen molar-refractivity contribution in [2.24, 2.45) is 0 Å². The smallest absolute Gasteiger partial charge is 0.167 e. The molecule has 0 unspecified atom stereocenters. The Morgan fingerprint density at radius 2 is 1.90 bits per heavy atom. The number of ketones is 1. The molecule has 1 aromatic rings. The summed E-state index contributed by atoms with van der Waals surface area (Å²) in [7, 11) is 0. The van der Waals surface area contributed by atoms with Crippen LogP contribution in [0.3, 0.4) is 0 Å². The fraction of sp³-hybridized carbons (Fsp3) is 0.478. The van der Waals surface area contributed by atoms with Crippen LogP contribution in [0, 0.1) is 6.92 Å². The average molecular weight is 421 g/mol. The zero-order chi connectivity index (χ0) is 21.9. The molecule has 1 atom stereocenters. The van der Waals surface area contributed by atoms with Gasteiger partial charge in [-0.05, 0) is 65.0 Å². The van der Waals surface area contributed by atoms with Crippen LogP contribution >= 0.6 is 11.6 Å². The molecule has 0 spiro atoms. The summed E-state index contributed by atoms with van der Waals surface area (Å²) >= 11 is 6.08. The molecule has 1 fully saturated rings. The van der Waals surface area contributed by atoms with E-state index in [4.69, 9.17) is 16.3 Å². The average Bonchev–Trinajstić information content (AvgIpc) is 2.93. The van der Waals surface area contributed by atoms with Crippen LogP contribution in [0.4, 0.5) is 0 Å². The number of Topliss-reactive ketones (excluding diaryl/α,β-unsaturated/α-hetero) is 1. The lowest BCUT2D eigenvalue weighted by molar-refractivity contribution is -0.129. The van der Waals surface area contributed by atoms with E-state index in [2.05, 4.69) is 6.08 Å². The number of allylic oxidation sites excluding steroid dienone is 3. The van der Waals surface area contributed by atoms with E-state index in [1.165, 1.54) is 0 Å².